The molecular formula is C6H13N2O3+. The number of hydrogen-bond donors (Lipinski definition) is 1. The highest BCUT2D eigenvalue weighted by atomic mass is 16.6. The average molecular weight is 161 g/mol. The number of nitrogens with zero attached hydrogens (tertiary/aromatic N) is 1. The second kappa shape index (κ2) is 2.77. The molecule has 0 aromatic rings. The number of carbonyl (C=O) groups excluding carboxylic acids is 1. The van der Waals surface area contributed by atoms with Crippen LogP contribution in [0.1, 0.15) is 0 Å². The van der Waals surface area contributed by atoms with Crippen molar-refractivity contribution in [3.63, 3.8) is 0 Å². The topological polar surface area (TPSA) is 64.9 Å². The maximum absolute atomic E-state index is 11.0. The van der Waals surface area contributed by atoms with Crippen molar-refractivity contribution in [3.8, 4) is 0 Å². The molecule has 0 radical (unpaired) electrons. The van der Waals surface area contributed by atoms with E-state index in [2.05, 4.69) is 0 Å². The van der Waals surface area contributed by atoms with Crippen LogP contribution in [0.2, 0.25) is 0 Å². The van der Waals surface area contributed by atoms with E-state index in [4.69, 9.17) is 15.3 Å². The Morgan fingerprint density at radius 2 is 2.36 bits per heavy atom. The summed E-state index contributed by atoms with van der Waals surface area (Å²) in [6.45, 7) is 1.00. The smallest absolute Gasteiger partial charge is 0.416 e. The van der Waals surface area contributed by atoms with Gasteiger partial charge in [0.2, 0.25) is 0 Å². The fraction of sp³-hybridized carbons (Fsp3) is 0.833. The van der Waals surface area contributed by atoms with Crippen LogP contribution in [0.15, 0.2) is 0 Å². The molecule has 0 aromatic heterocycles. The van der Waals surface area contributed by atoms with Crippen LogP contribution < -0.4 is 5.84 Å². The summed E-state index contributed by atoms with van der Waals surface area (Å²) in [4.78, 5) is 11.0. The maximum atomic E-state index is 11.0. The Bertz CT molecular complexity index is 160. The van der Waals surface area contributed by atoms with E-state index in [-0.39, 0.29) is 10.7 Å². The van der Waals surface area contributed by atoms with Crippen LogP contribution in [-0.4, -0.2) is 44.1 Å². The van der Waals surface area contributed by atoms with Gasteiger partial charge in [-0.05, 0) is 0 Å². The van der Waals surface area contributed by atoms with Gasteiger partial charge in [0, 0.05) is 0 Å². The molecule has 0 bridgehead atoms. The largest absolute Gasteiger partial charge is 0.535 e. The van der Waals surface area contributed by atoms with E-state index in [0.29, 0.717) is 13.2 Å². The van der Waals surface area contributed by atoms with Crippen molar-refractivity contribution < 1.29 is 18.9 Å². The van der Waals surface area contributed by atoms with Gasteiger partial charge in [-0.25, -0.2) is 0 Å². The summed E-state index contributed by atoms with van der Waals surface area (Å²) in [5.74, 6) is 5.41. The first-order valence-electron chi connectivity index (χ1n) is 3.41. The molecule has 1 heterocycles. The predicted octanol–water partition coefficient (Wildman–Crippen LogP) is -0.528. The van der Waals surface area contributed by atoms with E-state index >= 15 is 0 Å². The van der Waals surface area contributed by atoms with Gasteiger partial charge < -0.3 is 9.47 Å². The fourth-order valence-electron chi connectivity index (χ4n) is 0.495. The van der Waals surface area contributed by atoms with Crippen molar-refractivity contribution in [2.24, 2.45) is 5.84 Å². The molecule has 1 fully saturated rings. The van der Waals surface area contributed by atoms with Crippen LogP contribution in [0, 0.1) is 0 Å². The fourth-order valence-corrected chi connectivity index (χ4v) is 0.495. The highest BCUT2D eigenvalue weighted by Crippen LogP contribution is 2.09. The van der Waals surface area contributed by atoms with Crippen molar-refractivity contribution in [1.82, 2.24) is 0 Å². The van der Waals surface area contributed by atoms with Crippen LogP contribution >= 0.6 is 0 Å². The number of carbonyl (C=O) groups is 1. The van der Waals surface area contributed by atoms with Gasteiger partial charge in [-0.2, -0.15) is 15.2 Å². The third-order valence-electron chi connectivity index (χ3n) is 1.27. The normalized spacial score (nSPS) is 23.0. The molecular weight excluding hydrogens is 148 g/mol. The van der Waals surface area contributed by atoms with Gasteiger partial charge in [-0.15, -0.1) is 0 Å². The SMILES string of the molecule is C[N+](C)(N)C(=O)OCC1CO1. The van der Waals surface area contributed by atoms with E-state index in [0.717, 1.165) is 0 Å². The Labute approximate surface area is 65.2 Å². The molecule has 0 aliphatic carbocycles. The van der Waals surface area contributed by atoms with E-state index in [1.165, 1.54) is 0 Å². The minimum Gasteiger partial charge on any atom is -0.416 e. The number of rotatable bonds is 2. The molecule has 64 valence electrons. The van der Waals surface area contributed by atoms with Gasteiger partial charge in [0.25, 0.3) is 0 Å². The van der Waals surface area contributed by atoms with E-state index in [1.54, 1.807) is 14.1 Å². The summed E-state index contributed by atoms with van der Waals surface area (Å²) >= 11 is 0. The molecule has 2 N–H and O–H groups in total. The molecule has 1 aliphatic rings. The Morgan fingerprint density at radius 1 is 1.82 bits per heavy atom. The van der Waals surface area contributed by atoms with E-state index in [1.807, 2.05) is 0 Å². The van der Waals surface area contributed by atoms with Gasteiger partial charge >= 0.3 is 6.09 Å². The molecule has 0 saturated carbocycles. The molecule has 1 atom stereocenters. The minimum absolute atomic E-state index is 0.102. The lowest BCUT2D eigenvalue weighted by Crippen LogP contribution is -2.52. The lowest BCUT2D eigenvalue weighted by molar-refractivity contribution is -0.829. The molecule has 5 heteroatoms. The Balaban J connectivity index is 2.19. The van der Waals surface area contributed by atoms with Crippen molar-refractivity contribution in [3.05, 3.63) is 0 Å². The third kappa shape index (κ3) is 2.83. The van der Waals surface area contributed by atoms with Crippen LogP contribution in [0.4, 0.5) is 4.79 Å². The first kappa shape index (κ1) is 8.45. The lowest BCUT2D eigenvalue weighted by Gasteiger charge is -2.17. The summed E-state index contributed by atoms with van der Waals surface area (Å²) in [6, 6.07) is 0. The maximum Gasteiger partial charge on any atom is 0.535 e. The highest BCUT2D eigenvalue weighted by Gasteiger charge is 2.29. The van der Waals surface area contributed by atoms with Crippen molar-refractivity contribution in [2.75, 3.05) is 27.3 Å². The molecule has 1 unspecified atom stereocenters. The molecule has 11 heavy (non-hydrogen) atoms. The number of epoxide rings is 1. The van der Waals surface area contributed by atoms with Gasteiger partial charge in [-0.3, -0.25) is 0 Å². The summed E-state index contributed by atoms with van der Waals surface area (Å²) in [6.07, 6.45) is -0.342. The Hall–Kier alpha value is -0.650. The zero-order valence-electron chi connectivity index (χ0n) is 6.74. The third-order valence-corrected chi connectivity index (χ3v) is 1.27. The van der Waals surface area contributed by atoms with Gasteiger partial charge in [0.15, 0.2) is 0 Å². The second-order valence-corrected chi connectivity index (χ2v) is 3.07. The Morgan fingerprint density at radius 3 is 2.73 bits per heavy atom. The number of hydrogen-bond acceptors (Lipinski definition) is 4. The molecule has 1 saturated heterocycles. The van der Waals surface area contributed by atoms with E-state index in [9.17, 15) is 4.79 Å². The van der Waals surface area contributed by atoms with Gasteiger partial charge in [0.05, 0.1) is 20.7 Å². The van der Waals surface area contributed by atoms with E-state index < -0.39 is 6.09 Å². The molecule has 5 nitrogen and oxygen atoms in total. The number of ether oxygens (including phenoxy) is 2. The quantitative estimate of drug-likeness (QED) is 0.194. The van der Waals surface area contributed by atoms with Crippen molar-refractivity contribution in [2.45, 2.75) is 6.10 Å². The molecule has 1 amide bonds. The van der Waals surface area contributed by atoms with Crippen LogP contribution in [-0.2, 0) is 9.47 Å². The monoisotopic (exact) mass is 161 g/mol. The molecule has 0 aromatic carbocycles. The standard InChI is InChI=1S/C6H13N2O3/c1-8(2,7)6(9)11-4-5-3-10-5/h5H,3-4,7H2,1-2H3/q+1. The second-order valence-electron chi connectivity index (χ2n) is 3.07. The summed E-state index contributed by atoms with van der Waals surface area (Å²) < 4.78 is 9.36. The van der Waals surface area contributed by atoms with Crippen molar-refractivity contribution in [1.29, 1.82) is 0 Å². The zero-order chi connectivity index (χ0) is 8.48. The Kier molecular flexibility index (Phi) is 2.12. The van der Waals surface area contributed by atoms with Crippen LogP contribution in [0.5, 0.6) is 0 Å². The summed E-state index contributed by atoms with van der Waals surface area (Å²) in [7, 11) is 3.10. The molecule has 1 aliphatic heterocycles. The summed E-state index contributed by atoms with van der Waals surface area (Å²) in [5, 5.41) is 0. The first-order valence-corrected chi connectivity index (χ1v) is 3.41. The molecule has 0 spiro atoms. The minimum atomic E-state index is -0.444. The van der Waals surface area contributed by atoms with Gasteiger partial charge in [0.1, 0.15) is 12.7 Å². The van der Waals surface area contributed by atoms with Gasteiger partial charge in [-0.1, -0.05) is 0 Å². The number of amides is 1. The van der Waals surface area contributed by atoms with Crippen LogP contribution in [0.25, 0.3) is 0 Å². The first-order chi connectivity index (χ1) is 5.00. The molecule has 1 rings (SSSR count). The number of quaternary nitrogens is 1. The highest BCUT2D eigenvalue weighted by molar-refractivity contribution is 5.58. The summed E-state index contributed by atoms with van der Waals surface area (Å²) in [5.41, 5.74) is 0. The lowest BCUT2D eigenvalue weighted by atomic mass is 10.5. The average Bonchev–Trinajstić information content (AvgIpc) is 2.62. The zero-order valence-corrected chi connectivity index (χ0v) is 6.74. The predicted molar refractivity (Wildman–Crippen MR) is 37.4 cm³/mol. The number of nitrogens with two attached hydrogens (primary N) is 1. The van der Waals surface area contributed by atoms with Crippen molar-refractivity contribution >= 4 is 6.09 Å². The van der Waals surface area contributed by atoms with Crippen LogP contribution in [0.3, 0.4) is 0 Å².